The molecule has 0 bridgehead atoms. The van der Waals surface area contributed by atoms with Crippen molar-refractivity contribution in [3.05, 3.63) is 89.9 Å². The van der Waals surface area contributed by atoms with Gasteiger partial charge in [0.05, 0.1) is 16.8 Å². The third kappa shape index (κ3) is 7.51. The number of nitrogens with zero attached hydrogens (tertiary/aromatic N) is 4. The van der Waals surface area contributed by atoms with Gasteiger partial charge >= 0.3 is 10.2 Å². The molecule has 0 fully saturated rings. The summed E-state index contributed by atoms with van der Waals surface area (Å²) in [6.07, 6.45) is 9.78. The average Bonchev–Trinajstić information content (AvgIpc) is 3.51. The van der Waals surface area contributed by atoms with Crippen molar-refractivity contribution in [1.29, 1.82) is 0 Å². The fourth-order valence-corrected chi connectivity index (χ4v) is 5.46. The van der Waals surface area contributed by atoms with Crippen LogP contribution in [0.25, 0.3) is 12.2 Å². The van der Waals surface area contributed by atoms with Crippen LogP contribution in [0, 0.1) is 0 Å². The quantitative estimate of drug-likeness (QED) is 0.140. The maximum absolute atomic E-state index is 12.8. The average molecular weight is 575 g/mol. The molecule has 4 aromatic rings. The normalized spacial score (nSPS) is 14.4. The SMILES string of the molecule is O=S(=O)(Cc1coc(C=Cc2ccc(S(F)(F)(F)(F)F)cc2)n1)c1ccc(CCCCn2ccnn2)cc1. The zero-order chi connectivity index (χ0) is 27.5. The first-order valence-electron chi connectivity index (χ1n) is 11.3. The first-order valence-corrected chi connectivity index (χ1v) is 14.9. The van der Waals surface area contributed by atoms with Gasteiger partial charge in [-0.15, -0.1) is 5.10 Å². The van der Waals surface area contributed by atoms with Gasteiger partial charge < -0.3 is 4.42 Å². The van der Waals surface area contributed by atoms with Crippen molar-refractivity contribution in [3.63, 3.8) is 0 Å². The standard InChI is InChI=1S/C24H23F5N4O3S2/c25-38(26,27,28,29)23-11-6-20(7-12-23)8-13-24-31-21(17-36-24)18-37(34,35)22-9-4-19(5-10-22)3-1-2-15-33-16-14-30-32-33/h4-14,16-17H,1-3,15,18H2. The Kier molecular flexibility index (Phi) is 6.99. The number of oxazole rings is 1. The van der Waals surface area contributed by atoms with Gasteiger partial charge in [0, 0.05) is 18.8 Å². The monoisotopic (exact) mass is 574 g/mol. The summed E-state index contributed by atoms with van der Waals surface area (Å²) in [7, 11) is -13.4. The lowest BCUT2D eigenvalue weighted by Gasteiger charge is -2.40. The van der Waals surface area contributed by atoms with Gasteiger partial charge in [0.15, 0.2) is 9.84 Å². The Labute approximate surface area is 215 Å². The van der Waals surface area contributed by atoms with Crippen LogP contribution in [0.5, 0.6) is 0 Å². The fourth-order valence-electron chi connectivity index (χ4n) is 3.57. The lowest BCUT2D eigenvalue weighted by molar-refractivity contribution is 0.364. The van der Waals surface area contributed by atoms with E-state index < -0.39 is 30.7 Å². The third-order valence-electron chi connectivity index (χ3n) is 5.51. The molecule has 0 aliphatic heterocycles. The first-order chi connectivity index (χ1) is 17.7. The van der Waals surface area contributed by atoms with Crippen LogP contribution in [0.15, 0.2) is 81.4 Å². The van der Waals surface area contributed by atoms with Gasteiger partial charge in [-0.2, -0.15) is 0 Å². The minimum Gasteiger partial charge on any atom is -0.445 e. The smallest absolute Gasteiger partial charge is 0.310 e. The van der Waals surface area contributed by atoms with E-state index in [1.165, 1.54) is 12.2 Å². The van der Waals surface area contributed by atoms with E-state index in [1.807, 2.05) is 0 Å². The molecule has 4 rings (SSSR count). The number of hydrogen-bond donors (Lipinski definition) is 0. The van der Waals surface area contributed by atoms with E-state index >= 15 is 0 Å². The molecule has 0 saturated carbocycles. The Hall–Kier alpha value is -3.52. The maximum Gasteiger partial charge on any atom is 0.310 e. The molecule has 2 heterocycles. The van der Waals surface area contributed by atoms with Gasteiger partial charge in [-0.3, -0.25) is 4.68 Å². The second-order valence-corrected chi connectivity index (χ2v) is 13.0. The Morgan fingerprint density at radius 1 is 0.921 bits per heavy atom. The molecule has 0 aliphatic carbocycles. The molecule has 2 aromatic carbocycles. The van der Waals surface area contributed by atoms with Crippen LogP contribution in [0.3, 0.4) is 0 Å². The predicted octanol–water partition coefficient (Wildman–Crippen LogP) is 7.09. The highest BCUT2D eigenvalue weighted by molar-refractivity contribution is 8.45. The zero-order valence-corrected chi connectivity index (χ0v) is 21.4. The minimum absolute atomic E-state index is 0.00762. The third-order valence-corrected chi connectivity index (χ3v) is 8.34. The van der Waals surface area contributed by atoms with Gasteiger partial charge in [0.2, 0.25) is 5.89 Å². The van der Waals surface area contributed by atoms with Crippen LogP contribution >= 0.6 is 10.2 Å². The van der Waals surface area contributed by atoms with E-state index in [-0.39, 0.29) is 22.0 Å². The molecule has 0 saturated heterocycles. The van der Waals surface area contributed by atoms with Crippen LogP contribution in [0.1, 0.15) is 35.6 Å². The Morgan fingerprint density at radius 3 is 2.26 bits per heavy atom. The topological polar surface area (TPSA) is 90.9 Å². The second kappa shape index (κ2) is 9.66. The summed E-state index contributed by atoms with van der Waals surface area (Å²) in [5.74, 6) is -0.409. The molecule has 2 aromatic heterocycles. The van der Waals surface area contributed by atoms with Crippen molar-refractivity contribution in [2.45, 2.75) is 41.4 Å². The molecule has 7 nitrogen and oxygen atoms in total. The largest absolute Gasteiger partial charge is 0.445 e. The molecule has 0 aliphatic rings. The number of hydrogen-bond acceptors (Lipinski definition) is 6. The molecule has 204 valence electrons. The summed E-state index contributed by atoms with van der Waals surface area (Å²) < 4.78 is 96.7. The Morgan fingerprint density at radius 2 is 1.63 bits per heavy atom. The highest BCUT2D eigenvalue weighted by Crippen LogP contribution is 3.02. The number of aryl methyl sites for hydroxylation is 2. The lowest BCUT2D eigenvalue weighted by Crippen LogP contribution is -2.05. The zero-order valence-electron chi connectivity index (χ0n) is 19.8. The van der Waals surface area contributed by atoms with Crippen LogP contribution < -0.4 is 0 Å². The van der Waals surface area contributed by atoms with Crippen molar-refractivity contribution in [2.75, 3.05) is 0 Å². The van der Waals surface area contributed by atoms with Crippen molar-refractivity contribution in [1.82, 2.24) is 20.0 Å². The van der Waals surface area contributed by atoms with Gasteiger partial charge in [-0.1, -0.05) is 48.9 Å². The van der Waals surface area contributed by atoms with Gasteiger partial charge in [-0.05, 0) is 60.7 Å². The molecular formula is C24H23F5N4O3S2. The molecule has 0 atom stereocenters. The van der Waals surface area contributed by atoms with Crippen molar-refractivity contribution >= 4 is 32.2 Å². The predicted molar refractivity (Wildman–Crippen MR) is 134 cm³/mol. The highest BCUT2D eigenvalue weighted by Gasteiger charge is 2.65. The Bertz CT molecular complexity index is 1520. The van der Waals surface area contributed by atoms with Gasteiger partial charge in [0.25, 0.3) is 0 Å². The number of benzene rings is 2. The number of halogens is 5. The molecule has 0 N–H and O–H groups in total. The van der Waals surface area contributed by atoms with E-state index in [0.717, 1.165) is 49.8 Å². The van der Waals surface area contributed by atoms with Crippen molar-refractivity contribution in [2.24, 2.45) is 0 Å². The molecule has 38 heavy (non-hydrogen) atoms. The molecule has 0 spiro atoms. The summed E-state index contributed by atoms with van der Waals surface area (Å²) in [4.78, 5) is 2.21. The summed E-state index contributed by atoms with van der Waals surface area (Å²) >= 11 is 0. The maximum atomic E-state index is 12.8. The number of aromatic nitrogens is 4. The molecule has 0 radical (unpaired) electrons. The van der Waals surface area contributed by atoms with Crippen molar-refractivity contribution < 1.29 is 32.3 Å². The van der Waals surface area contributed by atoms with Gasteiger partial charge in [0.1, 0.15) is 16.9 Å². The molecule has 0 unspecified atom stereocenters. The van der Waals surface area contributed by atoms with Crippen LogP contribution in [0.4, 0.5) is 19.4 Å². The van der Waals surface area contributed by atoms with Crippen LogP contribution in [-0.4, -0.2) is 28.4 Å². The number of rotatable bonds is 11. The fraction of sp³-hybridized carbons (Fsp3) is 0.208. The molecular weight excluding hydrogens is 551 g/mol. The van der Waals surface area contributed by atoms with E-state index in [2.05, 4.69) is 15.3 Å². The molecule has 14 heteroatoms. The summed E-state index contributed by atoms with van der Waals surface area (Å²) in [6.45, 7) is 0.756. The summed E-state index contributed by atoms with van der Waals surface area (Å²) in [6, 6.07) is 9.00. The second-order valence-electron chi connectivity index (χ2n) is 8.57. The Balaban J connectivity index is 1.32. The highest BCUT2D eigenvalue weighted by atomic mass is 32.5. The summed E-state index contributed by atoms with van der Waals surface area (Å²) in [5, 5.41) is 7.65. The number of unbranched alkanes of at least 4 members (excludes halogenated alkanes) is 1. The molecule has 0 amide bonds. The summed E-state index contributed by atoms with van der Waals surface area (Å²) in [5.41, 5.74) is 1.34. The van der Waals surface area contributed by atoms with Crippen LogP contribution in [0.2, 0.25) is 0 Å². The minimum atomic E-state index is -9.74. The van der Waals surface area contributed by atoms with E-state index in [9.17, 15) is 27.8 Å². The number of sulfone groups is 1. The van der Waals surface area contributed by atoms with E-state index in [4.69, 9.17) is 4.42 Å². The lowest BCUT2D eigenvalue weighted by atomic mass is 10.1. The van der Waals surface area contributed by atoms with Crippen molar-refractivity contribution in [3.8, 4) is 0 Å². The van der Waals surface area contributed by atoms with E-state index in [0.29, 0.717) is 12.1 Å². The first kappa shape index (κ1) is 27.5. The van der Waals surface area contributed by atoms with Gasteiger partial charge in [-0.25, -0.2) is 13.4 Å². The van der Waals surface area contributed by atoms with E-state index in [1.54, 1.807) is 41.3 Å². The van der Waals surface area contributed by atoms with Crippen LogP contribution in [-0.2, 0) is 28.6 Å².